The Morgan fingerprint density at radius 1 is 1.53 bits per heavy atom. The maximum atomic E-state index is 5.94. The molecule has 96 valence electrons. The summed E-state index contributed by atoms with van der Waals surface area (Å²) in [6, 6.07) is 3.05. The van der Waals surface area contributed by atoms with Gasteiger partial charge in [0, 0.05) is 19.1 Å². The first-order valence-corrected chi connectivity index (χ1v) is 7.56. The minimum absolute atomic E-state index is 0.276. The van der Waals surface area contributed by atoms with Crippen molar-refractivity contribution >= 4 is 11.3 Å². The predicted octanol–water partition coefficient (Wildman–Crippen LogP) is 3.09. The Balaban J connectivity index is 1.97. The van der Waals surface area contributed by atoms with Crippen LogP contribution < -0.4 is 5.73 Å². The summed E-state index contributed by atoms with van der Waals surface area (Å²) in [5.41, 5.74) is 7.67. The third-order valence-electron chi connectivity index (χ3n) is 3.96. The molecule has 2 rings (SSSR count). The average molecular weight is 252 g/mol. The zero-order chi connectivity index (χ0) is 12.3. The van der Waals surface area contributed by atoms with E-state index in [1.807, 2.05) is 0 Å². The second kappa shape index (κ2) is 5.51. The van der Waals surface area contributed by atoms with Gasteiger partial charge < -0.3 is 5.73 Å². The topological polar surface area (TPSA) is 29.3 Å². The van der Waals surface area contributed by atoms with Crippen molar-refractivity contribution in [3.05, 3.63) is 22.4 Å². The SMILES string of the molecule is CCC(C)(CN)CN(Cc1ccsc1)C1CC1. The van der Waals surface area contributed by atoms with Gasteiger partial charge in [0.05, 0.1) is 0 Å². The van der Waals surface area contributed by atoms with Crippen LogP contribution in [0.5, 0.6) is 0 Å². The van der Waals surface area contributed by atoms with Crippen molar-refractivity contribution in [1.82, 2.24) is 4.90 Å². The maximum absolute atomic E-state index is 5.94. The highest BCUT2D eigenvalue weighted by atomic mass is 32.1. The first-order valence-electron chi connectivity index (χ1n) is 6.62. The van der Waals surface area contributed by atoms with Crippen LogP contribution in [0.15, 0.2) is 16.8 Å². The fourth-order valence-corrected chi connectivity index (χ4v) is 2.84. The third kappa shape index (κ3) is 3.54. The standard InChI is InChI=1S/C14H24N2S/c1-3-14(2,10-15)11-16(13-4-5-13)8-12-6-7-17-9-12/h6-7,9,13H,3-5,8,10-11,15H2,1-2H3. The van der Waals surface area contributed by atoms with E-state index < -0.39 is 0 Å². The molecule has 1 atom stereocenters. The van der Waals surface area contributed by atoms with E-state index >= 15 is 0 Å². The van der Waals surface area contributed by atoms with E-state index in [4.69, 9.17) is 5.73 Å². The number of hydrogen-bond acceptors (Lipinski definition) is 3. The predicted molar refractivity (Wildman–Crippen MR) is 75.2 cm³/mol. The Labute approximate surface area is 109 Å². The highest BCUT2D eigenvalue weighted by molar-refractivity contribution is 7.07. The van der Waals surface area contributed by atoms with Crippen LogP contribution in [0.4, 0.5) is 0 Å². The van der Waals surface area contributed by atoms with Crippen molar-refractivity contribution in [3.63, 3.8) is 0 Å². The van der Waals surface area contributed by atoms with Gasteiger partial charge in [-0.3, -0.25) is 4.90 Å². The average Bonchev–Trinajstić information content (AvgIpc) is 3.07. The molecule has 1 aliphatic rings. The van der Waals surface area contributed by atoms with E-state index in [-0.39, 0.29) is 5.41 Å². The van der Waals surface area contributed by atoms with Gasteiger partial charge in [0.15, 0.2) is 0 Å². The Hall–Kier alpha value is -0.380. The Morgan fingerprint density at radius 3 is 2.76 bits per heavy atom. The highest BCUT2D eigenvalue weighted by Crippen LogP contribution is 2.32. The van der Waals surface area contributed by atoms with Gasteiger partial charge in [0.1, 0.15) is 0 Å². The van der Waals surface area contributed by atoms with Crippen molar-refractivity contribution in [2.75, 3.05) is 13.1 Å². The zero-order valence-electron chi connectivity index (χ0n) is 11.0. The van der Waals surface area contributed by atoms with E-state index in [0.29, 0.717) is 0 Å². The largest absolute Gasteiger partial charge is 0.330 e. The van der Waals surface area contributed by atoms with Gasteiger partial charge in [-0.1, -0.05) is 13.8 Å². The van der Waals surface area contributed by atoms with Gasteiger partial charge in [-0.25, -0.2) is 0 Å². The quantitative estimate of drug-likeness (QED) is 0.808. The summed E-state index contributed by atoms with van der Waals surface area (Å²) in [6.45, 7) is 7.60. The smallest absolute Gasteiger partial charge is 0.0245 e. The van der Waals surface area contributed by atoms with Gasteiger partial charge >= 0.3 is 0 Å². The minimum Gasteiger partial charge on any atom is -0.330 e. The van der Waals surface area contributed by atoms with E-state index in [0.717, 1.165) is 32.1 Å². The third-order valence-corrected chi connectivity index (χ3v) is 4.69. The van der Waals surface area contributed by atoms with Crippen LogP contribution in [-0.4, -0.2) is 24.0 Å². The van der Waals surface area contributed by atoms with Gasteiger partial charge in [0.2, 0.25) is 0 Å². The molecule has 0 bridgehead atoms. The van der Waals surface area contributed by atoms with Crippen molar-refractivity contribution in [2.24, 2.45) is 11.1 Å². The lowest BCUT2D eigenvalue weighted by atomic mass is 9.87. The molecule has 1 heterocycles. The molecule has 0 aliphatic heterocycles. The van der Waals surface area contributed by atoms with Crippen molar-refractivity contribution in [1.29, 1.82) is 0 Å². The molecular formula is C14H24N2S. The second-order valence-electron chi connectivity index (χ2n) is 5.64. The van der Waals surface area contributed by atoms with Crippen LogP contribution in [-0.2, 0) is 6.54 Å². The number of hydrogen-bond donors (Lipinski definition) is 1. The molecular weight excluding hydrogens is 228 g/mol. The van der Waals surface area contributed by atoms with E-state index in [2.05, 4.69) is 35.6 Å². The normalized spacial score (nSPS) is 19.5. The van der Waals surface area contributed by atoms with E-state index in [1.165, 1.54) is 18.4 Å². The second-order valence-corrected chi connectivity index (χ2v) is 6.42. The van der Waals surface area contributed by atoms with Crippen LogP contribution >= 0.6 is 11.3 Å². The molecule has 0 aromatic carbocycles. The molecule has 1 saturated carbocycles. The first kappa shape index (κ1) is 13.1. The van der Waals surface area contributed by atoms with Crippen LogP contribution in [0.25, 0.3) is 0 Å². The summed E-state index contributed by atoms with van der Waals surface area (Å²) >= 11 is 1.79. The van der Waals surface area contributed by atoms with Crippen LogP contribution in [0.2, 0.25) is 0 Å². The lowest BCUT2D eigenvalue weighted by Gasteiger charge is -2.34. The van der Waals surface area contributed by atoms with Gasteiger partial charge in [0.25, 0.3) is 0 Å². The zero-order valence-corrected chi connectivity index (χ0v) is 11.8. The summed E-state index contributed by atoms with van der Waals surface area (Å²) < 4.78 is 0. The molecule has 0 spiro atoms. The molecule has 1 aromatic rings. The Kier molecular flexibility index (Phi) is 4.23. The summed E-state index contributed by atoms with van der Waals surface area (Å²) in [5.74, 6) is 0. The van der Waals surface area contributed by atoms with Crippen molar-refractivity contribution in [2.45, 2.75) is 45.7 Å². The molecule has 1 unspecified atom stereocenters. The highest BCUT2D eigenvalue weighted by Gasteiger charge is 2.33. The summed E-state index contributed by atoms with van der Waals surface area (Å²) in [6.07, 6.45) is 3.90. The van der Waals surface area contributed by atoms with Crippen LogP contribution in [0, 0.1) is 5.41 Å². The molecule has 2 N–H and O–H groups in total. The number of nitrogens with two attached hydrogens (primary N) is 1. The minimum atomic E-state index is 0.276. The number of thiophene rings is 1. The van der Waals surface area contributed by atoms with Gasteiger partial charge in [-0.15, -0.1) is 0 Å². The molecule has 17 heavy (non-hydrogen) atoms. The lowest BCUT2D eigenvalue weighted by molar-refractivity contribution is 0.150. The Morgan fingerprint density at radius 2 is 2.29 bits per heavy atom. The van der Waals surface area contributed by atoms with Crippen LogP contribution in [0.3, 0.4) is 0 Å². The van der Waals surface area contributed by atoms with Crippen LogP contribution in [0.1, 0.15) is 38.7 Å². The number of rotatable bonds is 7. The van der Waals surface area contributed by atoms with Gasteiger partial charge in [-0.05, 0) is 53.6 Å². The Bertz CT molecular complexity index is 326. The molecule has 3 heteroatoms. The lowest BCUT2D eigenvalue weighted by Crippen LogP contribution is -2.41. The van der Waals surface area contributed by atoms with Crippen molar-refractivity contribution in [3.8, 4) is 0 Å². The fourth-order valence-electron chi connectivity index (χ4n) is 2.18. The molecule has 2 nitrogen and oxygen atoms in total. The fraction of sp³-hybridized carbons (Fsp3) is 0.714. The molecule has 0 radical (unpaired) electrons. The summed E-state index contributed by atoms with van der Waals surface area (Å²) in [5, 5.41) is 4.43. The van der Waals surface area contributed by atoms with Crippen molar-refractivity contribution < 1.29 is 0 Å². The molecule has 1 aliphatic carbocycles. The number of nitrogens with zero attached hydrogens (tertiary/aromatic N) is 1. The molecule has 1 fully saturated rings. The van der Waals surface area contributed by atoms with E-state index in [9.17, 15) is 0 Å². The molecule has 0 saturated heterocycles. The van der Waals surface area contributed by atoms with Gasteiger partial charge in [-0.2, -0.15) is 11.3 Å². The molecule has 0 amide bonds. The monoisotopic (exact) mass is 252 g/mol. The molecule has 1 aromatic heterocycles. The first-order chi connectivity index (χ1) is 8.17. The summed E-state index contributed by atoms with van der Waals surface area (Å²) in [7, 11) is 0. The summed E-state index contributed by atoms with van der Waals surface area (Å²) in [4.78, 5) is 2.64. The van der Waals surface area contributed by atoms with E-state index in [1.54, 1.807) is 11.3 Å². The maximum Gasteiger partial charge on any atom is 0.0245 e.